The van der Waals surface area contributed by atoms with E-state index in [1.54, 1.807) is 36.4 Å². The lowest BCUT2D eigenvalue weighted by atomic mass is 9.71. The molecule has 118 valence electrons. The molecule has 0 aliphatic heterocycles. The van der Waals surface area contributed by atoms with Gasteiger partial charge in [0.05, 0.1) is 29.3 Å². The Labute approximate surface area is 145 Å². The Kier molecular flexibility index (Phi) is 4.09. The first kappa shape index (κ1) is 16.1. The first-order valence-corrected chi connectivity index (χ1v) is 7.68. The van der Waals surface area contributed by atoms with Crippen molar-refractivity contribution < 1.29 is 5.11 Å². The molecule has 25 heavy (non-hydrogen) atoms. The van der Waals surface area contributed by atoms with Gasteiger partial charge >= 0.3 is 0 Å². The van der Waals surface area contributed by atoms with Gasteiger partial charge in [-0.3, -0.25) is 0 Å². The third-order valence-corrected chi connectivity index (χ3v) is 4.32. The Balaban J connectivity index is 2.34. The molecule has 0 spiro atoms. The Morgan fingerprint density at radius 2 is 1.68 bits per heavy atom. The number of hydrogen-bond acceptors (Lipinski definition) is 4. The van der Waals surface area contributed by atoms with Crippen LogP contribution in [-0.2, 0) is 5.41 Å². The fourth-order valence-corrected chi connectivity index (χ4v) is 3.10. The zero-order chi connectivity index (χ0) is 17.9. The van der Waals surface area contributed by atoms with Gasteiger partial charge < -0.3 is 5.11 Å². The molecule has 2 aromatic rings. The number of benzene rings is 2. The highest BCUT2D eigenvalue weighted by atomic mass is 16.3. The summed E-state index contributed by atoms with van der Waals surface area (Å²) in [7, 11) is 0. The van der Waals surface area contributed by atoms with Gasteiger partial charge in [0.1, 0.15) is 11.2 Å². The summed E-state index contributed by atoms with van der Waals surface area (Å²) in [5.74, 6) is -0.00344. The van der Waals surface area contributed by atoms with Gasteiger partial charge in [0.25, 0.3) is 0 Å². The molecule has 2 aromatic carbocycles. The van der Waals surface area contributed by atoms with Crippen LogP contribution in [0.25, 0.3) is 11.1 Å². The van der Waals surface area contributed by atoms with Gasteiger partial charge in [0.15, 0.2) is 0 Å². The smallest absolute Gasteiger partial charge is 0.123 e. The van der Waals surface area contributed by atoms with E-state index in [0.717, 1.165) is 0 Å². The third kappa shape index (κ3) is 2.65. The molecule has 0 aromatic heterocycles. The molecule has 1 aliphatic carbocycles. The Morgan fingerprint density at radius 3 is 2.24 bits per heavy atom. The maximum atomic E-state index is 10.5. The predicted molar refractivity (Wildman–Crippen MR) is 93.2 cm³/mol. The van der Waals surface area contributed by atoms with Crippen LogP contribution < -0.4 is 0 Å². The molecule has 0 heterocycles. The summed E-state index contributed by atoms with van der Waals surface area (Å²) in [5.41, 5.74) is 1.41. The summed E-state index contributed by atoms with van der Waals surface area (Å²) >= 11 is 0. The SMILES string of the molecule is N#Cc1ccc(-c2c(O)ccc(C#N)c2C2(C#N)C=CC=CC2)cc1. The standard InChI is InChI=1S/C21H13N3O/c22-12-15-4-6-16(7-5-15)19-18(25)9-8-17(13-23)20(19)21(14-24)10-2-1-3-11-21/h1-10,25H,11H2. The van der Waals surface area contributed by atoms with Crippen molar-refractivity contribution in [2.75, 3.05) is 0 Å². The highest BCUT2D eigenvalue weighted by molar-refractivity contribution is 5.79. The minimum absolute atomic E-state index is 0.00344. The quantitative estimate of drug-likeness (QED) is 0.901. The highest BCUT2D eigenvalue weighted by Gasteiger charge is 2.35. The molecule has 0 radical (unpaired) electrons. The van der Waals surface area contributed by atoms with E-state index in [0.29, 0.717) is 34.2 Å². The first-order valence-electron chi connectivity index (χ1n) is 7.68. The van der Waals surface area contributed by atoms with Crippen LogP contribution in [-0.4, -0.2) is 5.11 Å². The van der Waals surface area contributed by atoms with Gasteiger partial charge in [-0.25, -0.2) is 0 Å². The molecule has 1 N–H and O–H groups in total. The van der Waals surface area contributed by atoms with E-state index in [2.05, 4.69) is 18.2 Å². The fraction of sp³-hybridized carbons (Fsp3) is 0.0952. The van der Waals surface area contributed by atoms with Crippen LogP contribution in [0, 0.1) is 34.0 Å². The maximum absolute atomic E-state index is 10.5. The predicted octanol–water partition coefficient (Wildman–Crippen LogP) is 4.08. The van der Waals surface area contributed by atoms with Crippen molar-refractivity contribution in [2.45, 2.75) is 11.8 Å². The summed E-state index contributed by atoms with van der Waals surface area (Å²) in [6, 6.07) is 16.2. The molecule has 4 heteroatoms. The van der Waals surface area contributed by atoms with Crippen LogP contribution in [0.2, 0.25) is 0 Å². The summed E-state index contributed by atoms with van der Waals surface area (Å²) in [5, 5.41) is 38.9. The second-order valence-corrected chi connectivity index (χ2v) is 5.76. The molecule has 3 rings (SSSR count). The molecule has 1 atom stereocenters. The summed E-state index contributed by atoms with van der Waals surface area (Å²) in [4.78, 5) is 0. The minimum Gasteiger partial charge on any atom is -0.507 e. The number of rotatable bonds is 2. The number of phenols is 1. The van der Waals surface area contributed by atoms with Gasteiger partial charge in [0, 0.05) is 11.1 Å². The van der Waals surface area contributed by atoms with Crippen molar-refractivity contribution in [2.24, 2.45) is 0 Å². The lowest BCUT2D eigenvalue weighted by Crippen LogP contribution is -2.24. The average molecular weight is 323 g/mol. The van der Waals surface area contributed by atoms with Crippen molar-refractivity contribution in [3.8, 4) is 35.1 Å². The minimum atomic E-state index is -1.03. The van der Waals surface area contributed by atoms with Crippen LogP contribution in [0.15, 0.2) is 60.7 Å². The monoisotopic (exact) mass is 323 g/mol. The van der Waals surface area contributed by atoms with Crippen molar-refractivity contribution in [3.63, 3.8) is 0 Å². The number of hydrogen-bond donors (Lipinski definition) is 1. The third-order valence-electron chi connectivity index (χ3n) is 4.32. The van der Waals surface area contributed by atoms with E-state index in [1.165, 1.54) is 12.1 Å². The van der Waals surface area contributed by atoms with Gasteiger partial charge in [-0.15, -0.1) is 0 Å². The summed E-state index contributed by atoms with van der Waals surface area (Å²) in [6.45, 7) is 0. The van der Waals surface area contributed by atoms with Crippen molar-refractivity contribution in [1.82, 2.24) is 0 Å². The molecular weight excluding hydrogens is 310 g/mol. The number of allylic oxidation sites excluding steroid dienone is 4. The summed E-state index contributed by atoms with van der Waals surface area (Å²) < 4.78 is 0. The molecule has 1 unspecified atom stereocenters. The number of nitriles is 3. The second-order valence-electron chi connectivity index (χ2n) is 5.76. The Hall–Kier alpha value is -3.81. The molecule has 0 fully saturated rings. The molecule has 0 saturated heterocycles. The molecule has 0 bridgehead atoms. The highest BCUT2D eigenvalue weighted by Crippen LogP contribution is 2.44. The summed E-state index contributed by atoms with van der Waals surface area (Å²) in [6.07, 6.45) is 7.68. The van der Waals surface area contributed by atoms with Crippen molar-refractivity contribution >= 4 is 0 Å². The van der Waals surface area contributed by atoms with Crippen LogP contribution in [0.3, 0.4) is 0 Å². The van der Waals surface area contributed by atoms with Crippen LogP contribution >= 0.6 is 0 Å². The second kappa shape index (κ2) is 6.36. The van der Waals surface area contributed by atoms with E-state index < -0.39 is 5.41 Å². The molecule has 1 aliphatic rings. The Morgan fingerprint density at radius 1 is 0.920 bits per heavy atom. The molecule has 4 nitrogen and oxygen atoms in total. The average Bonchev–Trinajstić information content (AvgIpc) is 2.68. The zero-order valence-corrected chi connectivity index (χ0v) is 13.3. The van der Waals surface area contributed by atoms with E-state index >= 15 is 0 Å². The zero-order valence-electron chi connectivity index (χ0n) is 13.3. The number of aromatic hydroxyl groups is 1. The van der Waals surface area contributed by atoms with Crippen molar-refractivity contribution in [3.05, 3.63) is 77.4 Å². The topological polar surface area (TPSA) is 91.6 Å². The molecule has 0 saturated carbocycles. The number of phenolic OH excluding ortho intramolecular Hbond substituents is 1. The van der Waals surface area contributed by atoms with Gasteiger partial charge in [-0.1, -0.05) is 36.4 Å². The molecular formula is C21H13N3O. The van der Waals surface area contributed by atoms with Crippen LogP contribution in [0.5, 0.6) is 5.75 Å². The van der Waals surface area contributed by atoms with Crippen LogP contribution in [0.1, 0.15) is 23.1 Å². The van der Waals surface area contributed by atoms with Crippen molar-refractivity contribution in [1.29, 1.82) is 15.8 Å². The van der Waals surface area contributed by atoms with E-state index in [1.807, 2.05) is 12.2 Å². The largest absolute Gasteiger partial charge is 0.507 e. The Bertz CT molecular complexity index is 1010. The van der Waals surface area contributed by atoms with E-state index in [9.17, 15) is 15.6 Å². The van der Waals surface area contributed by atoms with Gasteiger partial charge in [-0.05, 0) is 36.2 Å². The lowest BCUT2D eigenvalue weighted by molar-refractivity contribution is 0.475. The van der Waals surface area contributed by atoms with Crippen LogP contribution in [0.4, 0.5) is 0 Å². The first-order chi connectivity index (χ1) is 12.1. The lowest BCUT2D eigenvalue weighted by Gasteiger charge is -2.28. The number of nitrogens with zero attached hydrogens (tertiary/aromatic N) is 3. The normalized spacial score (nSPS) is 18.1. The fourth-order valence-electron chi connectivity index (χ4n) is 3.10. The van der Waals surface area contributed by atoms with E-state index in [-0.39, 0.29) is 5.75 Å². The van der Waals surface area contributed by atoms with E-state index in [4.69, 9.17) is 5.26 Å². The maximum Gasteiger partial charge on any atom is 0.123 e. The molecule has 0 amide bonds. The van der Waals surface area contributed by atoms with Gasteiger partial charge in [0.2, 0.25) is 0 Å². The van der Waals surface area contributed by atoms with Gasteiger partial charge in [-0.2, -0.15) is 15.8 Å².